The van der Waals surface area contributed by atoms with E-state index in [0.29, 0.717) is 17.8 Å². The highest BCUT2D eigenvalue weighted by Crippen LogP contribution is 2.15. The fraction of sp³-hybridized carbons (Fsp3) is 0.769. The zero-order chi connectivity index (χ0) is 15.1. The van der Waals surface area contributed by atoms with Crippen LogP contribution in [-0.4, -0.2) is 60.1 Å². The monoisotopic (exact) mass is 300 g/mol. The number of nitrogens with one attached hydrogen (secondary N) is 1. The van der Waals surface area contributed by atoms with Crippen LogP contribution in [0.3, 0.4) is 0 Å². The van der Waals surface area contributed by atoms with E-state index >= 15 is 0 Å². The number of anilines is 2. The van der Waals surface area contributed by atoms with Gasteiger partial charge in [-0.2, -0.15) is 15.0 Å². The van der Waals surface area contributed by atoms with Gasteiger partial charge in [-0.3, -0.25) is 0 Å². The molecule has 1 heterocycles. The van der Waals surface area contributed by atoms with Crippen molar-refractivity contribution in [2.75, 3.05) is 50.5 Å². The minimum absolute atomic E-state index is 0.226. The average Bonchev–Trinajstić information content (AvgIpc) is 2.33. The van der Waals surface area contributed by atoms with Gasteiger partial charge in [0.05, 0.1) is 0 Å². The van der Waals surface area contributed by atoms with Crippen molar-refractivity contribution in [1.29, 1.82) is 0 Å². The third-order valence-electron chi connectivity index (χ3n) is 2.62. The van der Waals surface area contributed by atoms with Crippen LogP contribution in [0, 0.1) is 5.92 Å². The summed E-state index contributed by atoms with van der Waals surface area (Å²) in [6.45, 7) is 9.79. The van der Waals surface area contributed by atoms with Gasteiger partial charge in [0.15, 0.2) is 0 Å². The van der Waals surface area contributed by atoms with Gasteiger partial charge in [-0.15, -0.1) is 0 Å². The summed E-state index contributed by atoms with van der Waals surface area (Å²) in [6.07, 6.45) is 0. The SMILES string of the molecule is CCNc1nc(Cl)nc(N(CCN(C)C)CC(C)C)n1. The Morgan fingerprint density at radius 3 is 2.40 bits per heavy atom. The van der Waals surface area contributed by atoms with Crippen LogP contribution in [0.25, 0.3) is 0 Å². The highest BCUT2D eigenvalue weighted by Gasteiger charge is 2.14. The highest BCUT2D eigenvalue weighted by molar-refractivity contribution is 6.28. The summed E-state index contributed by atoms with van der Waals surface area (Å²) in [5.41, 5.74) is 0. The molecule has 0 saturated heterocycles. The van der Waals surface area contributed by atoms with E-state index in [1.807, 2.05) is 6.92 Å². The van der Waals surface area contributed by atoms with Crippen molar-refractivity contribution in [1.82, 2.24) is 19.9 Å². The van der Waals surface area contributed by atoms with Crippen LogP contribution in [0.15, 0.2) is 0 Å². The Hall–Kier alpha value is -1.14. The normalized spacial score (nSPS) is 11.2. The molecule has 114 valence electrons. The maximum atomic E-state index is 5.99. The predicted octanol–water partition coefficient (Wildman–Crippen LogP) is 1.98. The zero-order valence-electron chi connectivity index (χ0n) is 13.0. The molecule has 6 nitrogen and oxygen atoms in total. The standard InChI is InChI=1S/C13H25ClN6/c1-6-15-12-16-11(14)17-13(18-12)20(9-10(2)3)8-7-19(4)5/h10H,6-9H2,1-5H3,(H,15,16,17,18). The van der Waals surface area contributed by atoms with E-state index in [0.717, 1.165) is 26.2 Å². The molecule has 0 aliphatic rings. The third kappa shape index (κ3) is 5.88. The number of hydrogen-bond donors (Lipinski definition) is 1. The Morgan fingerprint density at radius 2 is 1.85 bits per heavy atom. The fourth-order valence-corrected chi connectivity index (χ4v) is 1.91. The second-order valence-corrected chi connectivity index (χ2v) is 5.74. The van der Waals surface area contributed by atoms with Crippen LogP contribution in [0.1, 0.15) is 20.8 Å². The van der Waals surface area contributed by atoms with Crippen molar-refractivity contribution in [2.45, 2.75) is 20.8 Å². The molecule has 1 N–H and O–H groups in total. The molecule has 20 heavy (non-hydrogen) atoms. The van der Waals surface area contributed by atoms with Gasteiger partial charge in [-0.1, -0.05) is 13.8 Å². The van der Waals surface area contributed by atoms with Crippen LogP contribution >= 0.6 is 11.6 Å². The molecule has 1 aromatic heterocycles. The first-order chi connectivity index (χ1) is 9.42. The quantitative estimate of drug-likeness (QED) is 0.792. The highest BCUT2D eigenvalue weighted by atomic mass is 35.5. The number of likely N-dealkylation sites (N-methyl/N-ethyl adjacent to an activating group) is 1. The summed E-state index contributed by atoms with van der Waals surface area (Å²) >= 11 is 5.99. The molecule has 7 heteroatoms. The maximum Gasteiger partial charge on any atom is 0.231 e. The van der Waals surface area contributed by atoms with Crippen LogP contribution in [-0.2, 0) is 0 Å². The van der Waals surface area contributed by atoms with Gasteiger partial charge in [0, 0.05) is 26.2 Å². The summed E-state index contributed by atoms with van der Waals surface area (Å²) < 4.78 is 0. The van der Waals surface area contributed by atoms with Gasteiger partial charge in [0.25, 0.3) is 0 Å². The second kappa shape index (κ2) is 8.21. The summed E-state index contributed by atoms with van der Waals surface area (Å²) in [4.78, 5) is 17.1. The van der Waals surface area contributed by atoms with Crippen molar-refractivity contribution < 1.29 is 0 Å². The van der Waals surface area contributed by atoms with Gasteiger partial charge in [0.1, 0.15) is 0 Å². The number of halogens is 1. The fourth-order valence-electron chi connectivity index (χ4n) is 1.75. The number of rotatable bonds is 8. The Balaban J connectivity index is 2.92. The first kappa shape index (κ1) is 16.9. The van der Waals surface area contributed by atoms with Gasteiger partial charge in [0.2, 0.25) is 17.2 Å². The summed E-state index contributed by atoms with van der Waals surface area (Å²) in [6, 6.07) is 0. The average molecular weight is 301 g/mol. The van der Waals surface area contributed by atoms with Crippen LogP contribution in [0.5, 0.6) is 0 Å². The van der Waals surface area contributed by atoms with E-state index < -0.39 is 0 Å². The number of hydrogen-bond acceptors (Lipinski definition) is 6. The molecule has 0 bridgehead atoms. The van der Waals surface area contributed by atoms with E-state index in [2.05, 4.69) is 58.0 Å². The summed E-state index contributed by atoms with van der Waals surface area (Å²) in [5.74, 6) is 1.69. The molecular weight excluding hydrogens is 276 g/mol. The van der Waals surface area contributed by atoms with Gasteiger partial charge < -0.3 is 15.1 Å². The lowest BCUT2D eigenvalue weighted by atomic mass is 10.2. The second-order valence-electron chi connectivity index (χ2n) is 5.40. The molecular formula is C13H25ClN6. The molecule has 0 saturated carbocycles. The molecule has 0 fully saturated rings. The van der Waals surface area contributed by atoms with Crippen molar-refractivity contribution in [3.63, 3.8) is 0 Å². The number of nitrogens with zero attached hydrogens (tertiary/aromatic N) is 5. The van der Waals surface area contributed by atoms with Gasteiger partial charge in [-0.25, -0.2) is 0 Å². The van der Waals surface area contributed by atoms with Crippen LogP contribution in [0.4, 0.5) is 11.9 Å². The molecule has 0 unspecified atom stereocenters. The lowest BCUT2D eigenvalue weighted by molar-refractivity contribution is 0.407. The largest absolute Gasteiger partial charge is 0.354 e. The Bertz CT molecular complexity index is 410. The summed E-state index contributed by atoms with van der Waals surface area (Å²) in [7, 11) is 4.11. The minimum Gasteiger partial charge on any atom is -0.354 e. The van der Waals surface area contributed by atoms with Crippen molar-refractivity contribution in [3.05, 3.63) is 5.28 Å². The lowest BCUT2D eigenvalue weighted by Crippen LogP contribution is -2.35. The van der Waals surface area contributed by atoms with Crippen molar-refractivity contribution in [2.24, 2.45) is 5.92 Å². The Kier molecular flexibility index (Phi) is 6.95. The Morgan fingerprint density at radius 1 is 1.15 bits per heavy atom. The van der Waals surface area contributed by atoms with E-state index in [9.17, 15) is 0 Å². The van der Waals surface area contributed by atoms with Crippen molar-refractivity contribution in [3.8, 4) is 0 Å². The topological polar surface area (TPSA) is 57.2 Å². The van der Waals surface area contributed by atoms with Crippen molar-refractivity contribution >= 4 is 23.5 Å². The molecule has 1 aromatic rings. The molecule has 1 rings (SSSR count). The van der Waals surface area contributed by atoms with Gasteiger partial charge in [-0.05, 0) is 38.5 Å². The van der Waals surface area contributed by atoms with E-state index in [4.69, 9.17) is 11.6 Å². The maximum absolute atomic E-state index is 5.99. The zero-order valence-corrected chi connectivity index (χ0v) is 13.8. The molecule has 0 radical (unpaired) electrons. The molecule has 0 spiro atoms. The molecule has 0 aromatic carbocycles. The summed E-state index contributed by atoms with van der Waals surface area (Å²) in [5, 5.41) is 3.30. The van der Waals surface area contributed by atoms with Crippen LogP contribution in [0.2, 0.25) is 5.28 Å². The van der Waals surface area contributed by atoms with E-state index in [1.54, 1.807) is 0 Å². The first-order valence-corrected chi connectivity index (χ1v) is 7.35. The van der Waals surface area contributed by atoms with E-state index in [1.165, 1.54) is 0 Å². The lowest BCUT2D eigenvalue weighted by Gasteiger charge is -2.26. The minimum atomic E-state index is 0.226. The van der Waals surface area contributed by atoms with Gasteiger partial charge >= 0.3 is 0 Å². The Labute approximate surface area is 126 Å². The third-order valence-corrected chi connectivity index (χ3v) is 2.79. The smallest absolute Gasteiger partial charge is 0.231 e. The van der Waals surface area contributed by atoms with E-state index in [-0.39, 0.29) is 5.28 Å². The molecule has 0 atom stereocenters. The van der Waals surface area contributed by atoms with Crippen LogP contribution < -0.4 is 10.2 Å². The molecule has 0 amide bonds. The number of aromatic nitrogens is 3. The predicted molar refractivity (Wildman–Crippen MR) is 84.6 cm³/mol. The first-order valence-electron chi connectivity index (χ1n) is 6.97. The molecule has 0 aliphatic heterocycles. The molecule has 0 aliphatic carbocycles.